The maximum absolute atomic E-state index is 15.1. The lowest BCUT2D eigenvalue weighted by molar-refractivity contribution is -0.117. The number of rotatable bonds is 5. The van der Waals surface area contributed by atoms with Crippen molar-refractivity contribution in [1.29, 1.82) is 0 Å². The zero-order valence-electron chi connectivity index (χ0n) is 19.6. The Bertz CT molecular complexity index is 907. The van der Waals surface area contributed by atoms with E-state index in [9.17, 15) is 14.4 Å². The fourth-order valence-corrected chi connectivity index (χ4v) is 4.51. The second-order valence-electron chi connectivity index (χ2n) is 8.91. The number of hydrogen-bond acceptors (Lipinski definition) is 7. The van der Waals surface area contributed by atoms with Gasteiger partial charge in [-0.2, -0.15) is 0 Å². The van der Waals surface area contributed by atoms with E-state index in [1.807, 2.05) is 9.80 Å². The zero-order valence-corrected chi connectivity index (χ0v) is 19.6. The number of nitrogens with one attached hydrogen (secondary N) is 2. The third-order valence-electron chi connectivity index (χ3n) is 6.40. The topological polar surface area (TPSA) is 97.5 Å². The summed E-state index contributed by atoms with van der Waals surface area (Å²) >= 11 is 0. The van der Waals surface area contributed by atoms with E-state index in [0.717, 1.165) is 26.1 Å². The molecular formula is C23H33FN6O4. The number of anilines is 2. The Morgan fingerprint density at radius 3 is 2.76 bits per heavy atom. The highest BCUT2D eigenvalue weighted by Gasteiger charge is 2.33. The van der Waals surface area contributed by atoms with Gasteiger partial charge < -0.3 is 24.6 Å². The maximum atomic E-state index is 15.1. The number of amides is 3. The molecule has 2 N–H and O–H groups in total. The Morgan fingerprint density at radius 1 is 1.12 bits per heavy atom. The van der Waals surface area contributed by atoms with Crippen molar-refractivity contribution in [2.24, 2.45) is 0 Å². The van der Waals surface area contributed by atoms with E-state index in [4.69, 9.17) is 4.74 Å². The van der Waals surface area contributed by atoms with Gasteiger partial charge in [0, 0.05) is 45.7 Å². The fraction of sp³-hybridized carbons (Fsp3) is 0.609. The number of halogens is 1. The van der Waals surface area contributed by atoms with Crippen LogP contribution in [-0.4, -0.2) is 92.8 Å². The van der Waals surface area contributed by atoms with Gasteiger partial charge in [0.2, 0.25) is 0 Å². The van der Waals surface area contributed by atoms with Crippen LogP contribution in [0.5, 0.6) is 0 Å². The van der Waals surface area contributed by atoms with Gasteiger partial charge in [-0.3, -0.25) is 9.91 Å². The number of carbonyl (C=O) groups is 3. The molecule has 0 aromatic heterocycles. The molecule has 186 valence electrons. The van der Waals surface area contributed by atoms with Gasteiger partial charge in [0.25, 0.3) is 0 Å². The highest BCUT2D eigenvalue weighted by Crippen LogP contribution is 2.29. The number of carbonyl (C=O) groups excluding carboxylic acids is 3. The molecule has 0 bridgehead atoms. The Labute approximate surface area is 198 Å². The van der Waals surface area contributed by atoms with Crippen molar-refractivity contribution in [3.05, 3.63) is 24.0 Å². The molecule has 3 aliphatic heterocycles. The lowest BCUT2D eigenvalue weighted by Crippen LogP contribution is -2.51. The largest absolute Gasteiger partial charge is 0.444 e. The van der Waals surface area contributed by atoms with Crippen LogP contribution in [0.2, 0.25) is 0 Å². The van der Waals surface area contributed by atoms with Gasteiger partial charge in [0.05, 0.1) is 24.5 Å². The smallest absolute Gasteiger partial charge is 0.414 e. The van der Waals surface area contributed by atoms with Crippen molar-refractivity contribution in [3.63, 3.8) is 0 Å². The summed E-state index contributed by atoms with van der Waals surface area (Å²) in [6.07, 6.45) is 0.820. The van der Waals surface area contributed by atoms with Crippen molar-refractivity contribution in [2.45, 2.75) is 32.3 Å². The molecule has 10 nitrogen and oxygen atoms in total. The number of Topliss-reactive ketones (excluding diaryl/α,β-unsaturated/α-hetero) is 1. The van der Waals surface area contributed by atoms with Crippen molar-refractivity contribution >= 4 is 29.3 Å². The molecular weight excluding hydrogens is 443 g/mol. The van der Waals surface area contributed by atoms with Crippen LogP contribution in [-0.2, 0) is 9.53 Å². The maximum Gasteiger partial charge on any atom is 0.414 e. The molecule has 1 aromatic rings. The van der Waals surface area contributed by atoms with Crippen LogP contribution in [0.4, 0.5) is 25.4 Å². The zero-order chi connectivity index (χ0) is 24.1. The van der Waals surface area contributed by atoms with Crippen molar-refractivity contribution in [2.75, 3.05) is 68.7 Å². The number of ketones is 1. The number of urea groups is 1. The number of nitrogens with zero attached hydrogens (tertiary/aromatic N) is 4. The van der Waals surface area contributed by atoms with Gasteiger partial charge in [0.1, 0.15) is 17.7 Å². The van der Waals surface area contributed by atoms with E-state index in [2.05, 4.69) is 10.7 Å². The Morgan fingerprint density at radius 2 is 1.97 bits per heavy atom. The van der Waals surface area contributed by atoms with Crippen LogP contribution in [0.15, 0.2) is 18.2 Å². The average Bonchev–Trinajstić information content (AvgIpc) is 3.02. The van der Waals surface area contributed by atoms with Crippen molar-refractivity contribution in [3.8, 4) is 0 Å². The standard InChI is InChI=1S/C23H33FN6O4/c1-17(31)3-5-19-16-29(23(33)34-19)18-4-6-21(20(24)15-18)27-12-9-26-30(14-13-27)22(32)28-10-2-7-25-8-11-28/h4,6,15,19,25-26H,2-3,5,7-14,16H2,1H3/t19-/m0/s1. The first-order valence-electron chi connectivity index (χ1n) is 11.9. The Kier molecular flexibility index (Phi) is 7.84. The molecule has 3 aliphatic rings. The molecule has 0 unspecified atom stereocenters. The van der Waals surface area contributed by atoms with E-state index in [1.165, 1.54) is 17.9 Å². The molecule has 3 heterocycles. The molecule has 0 spiro atoms. The second kappa shape index (κ2) is 11.0. The summed E-state index contributed by atoms with van der Waals surface area (Å²) in [7, 11) is 0. The van der Waals surface area contributed by atoms with Crippen LogP contribution in [0.3, 0.4) is 0 Å². The SMILES string of the molecule is CC(=O)CC[C@H]1CN(c2ccc(N3CCNN(C(=O)N4CCCNCC4)CC3)c(F)c2)C(=O)O1. The van der Waals surface area contributed by atoms with Crippen LogP contribution in [0, 0.1) is 5.82 Å². The fourth-order valence-electron chi connectivity index (χ4n) is 4.51. The number of benzene rings is 1. The molecule has 0 radical (unpaired) electrons. The normalized spacial score (nSPS) is 21.8. The third-order valence-corrected chi connectivity index (χ3v) is 6.40. The molecule has 34 heavy (non-hydrogen) atoms. The minimum atomic E-state index is -0.530. The van der Waals surface area contributed by atoms with Gasteiger partial charge in [-0.1, -0.05) is 0 Å². The van der Waals surface area contributed by atoms with Crippen LogP contribution < -0.4 is 20.5 Å². The minimum Gasteiger partial charge on any atom is -0.444 e. The Hall–Kier alpha value is -2.92. The summed E-state index contributed by atoms with van der Waals surface area (Å²) in [5, 5.41) is 4.92. The van der Waals surface area contributed by atoms with Crippen LogP contribution in [0.1, 0.15) is 26.2 Å². The first kappa shape index (κ1) is 24.2. The molecule has 11 heteroatoms. The quantitative estimate of drug-likeness (QED) is 0.666. The predicted molar refractivity (Wildman–Crippen MR) is 125 cm³/mol. The third kappa shape index (κ3) is 5.76. The number of cyclic esters (lactones) is 1. The average molecular weight is 477 g/mol. The van der Waals surface area contributed by atoms with E-state index in [1.54, 1.807) is 17.1 Å². The summed E-state index contributed by atoms with van der Waals surface area (Å²) in [4.78, 5) is 41.5. The van der Waals surface area contributed by atoms with E-state index in [-0.39, 0.29) is 17.9 Å². The molecule has 3 saturated heterocycles. The van der Waals surface area contributed by atoms with E-state index >= 15 is 4.39 Å². The summed E-state index contributed by atoms with van der Waals surface area (Å²) < 4.78 is 20.4. The van der Waals surface area contributed by atoms with Crippen LogP contribution in [0.25, 0.3) is 0 Å². The lowest BCUT2D eigenvalue weighted by Gasteiger charge is -2.29. The van der Waals surface area contributed by atoms with Gasteiger partial charge >= 0.3 is 12.1 Å². The summed E-state index contributed by atoms with van der Waals surface area (Å²) in [5.74, 6) is -0.392. The lowest BCUT2D eigenvalue weighted by atomic mass is 10.1. The molecule has 3 fully saturated rings. The number of ether oxygens (including phenoxy) is 1. The minimum absolute atomic E-state index is 0.0422. The van der Waals surface area contributed by atoms with E-state index < -0.39 is 11.9 Å². The van der Waals surface area contributed by atoms with Gasteiger partial charge in [0.15, 0.2) is 0 Å². The summed E-state index contributed by atoms with van der Waals surface area (Å²) in [5.41, 5.74) is 4.03. The highest BCUT2D eigenvalue weighted by molar-refractivity contribution is 5.90. The van der Waals surface area contributed by atoms with Crippen molar-refractivity contribution < 1.29 is 23.5 Å². The molecule has 4 rings (SSSR count). The summed E-state index contributed by atoms with van der Waals surface area (Å²) in [6.45, 7) is 6.85. The van der Waals surface area contributed by atoms with Crippen LogP contribution >= 0.6 is 0 Å². The van der Waals surface area contributed by atoms with Crippen molar-refractivity contribution in [1.82, 2.24) is 20.7 Å². The first-order valence-corrected chi connectivity index (χ1v) is 11.9. The van der Waals surface area contributed by atoms with Gasteiger partial charge in [-0.15, -0.1) is 0 Å². The molecule has 1 aromatic carbocycles. The van der Waals surface area contributed by atoms with Gasteiger partial charge in [-0.05, 0) is 44.5 Å². The molecule has 1 atom stereocenters. The van der Waals surface area contributed by atoms with Gasteiger partial charge in [-0.25, -0.2) is 19.4 Å². The molecule has 0 aliphatic carbocycles. The summed E-state index contributed by atoms with van der Waals surface area (Å²) in [6, 6.07) is 4.67. The number of hydrogen-bond donors (Lipinski definition) is 2. The second-order valence-corrected chi connectivity index (χ2v) is 8.91. The molecule has 3 amide bonds. The highest BCUT2D eigenvalue weighted by atomic mass is 19.1. The molecule has 0 saturated carbocycles. The Balaban J connectivity index is 1.37. The van der Waals surface area contributed by atoms with E-state index in [0.29, 0.717) is 63.5 Å². The first-order chi connectivity index (χ1) is 16.4. The number of hydrazine groups is 1. The predicted octanol–water partition coefficient (Wildman–Crippen LogP) is 1.56. The monoisotopic (exact) mass is 476 g/mol.